The molecule has 0 aliphatic rings. The van der Waals surface area contributed by atoms with E-state index < -0.39 is 11.9 Å². The van der Waals surface area contributed by atoms with E-state index in [1.165, 1.54) is 13.8 Å². The molecular weight excluding hydrogens is 566 g/mol. The Labute approximate surface area is 210 Å². The summed E-state index contributed by atoms with van der Waals surface area (Å²) in [6.45, 7) is 2.61. The first kappa shape index (κ1) is 25.6. The van der Waals surface area contributed by atoms with Crippen molar-refractivity contribution in [3.05, 3.63) is 95.1 Å². The molecule has 0 saturated carbocycles. The SMILES string of the molecule is CC(=O)Oc1ccccc1C(=O)[Se]Cc1ccc(C[Se]C(=O)c2ccccc2OC(C)=O)cc1. The van der Waals surface area contributed by atoms with Gasteiger partial charge in [0.1, 0.15) is 0 Å². The van der Waals surface area contributed by atoms with Gasteiger partial charge in [0.25, 0.3) is 0 Å². The predicted molar refractivity (Wildman–Crippen MR) is 130 cm³/mol. The molecule has 3 rings (SSSR count). The number of carbonyl (C=O) groups is 4. The maximum absolute atomic E-state index is 12.7. The number of rotatable bonds is 10. The van der Waals surface area contributed by atoms with E-state index in [0.717, 1.165) is 11.1 Å². The molecule has 0 amide bonds. The van der Waals surface area contributed by atoms with Crippen molar-refractivity contribution < 1.29 is 28.7 Å². The molecule has 0 aliphatic heterocycles. The molecule has 0 atom stereocenters. The van der Waals surface area contributed by atoms with Crippen molar-refractivity contribution in [3.63, 3.8) is 0 Å². The molecule has 3 aromatic carbocycles. The van der Waals surface area contributed by atoms with Crippen LogP contribution >= 0.6 is 0 Å². The van der Waals surface area contributed by atoms with Crippen LogP contribution in [0.15, 0.2) is 72.8 Å². The molecule has 0 N–H and O–H groups in total. The Morgan fingerprint density at radius 1 is 0.588 bits per heavy atom. The van der Waals surface area contributed by atoms with Gasteiger partial charge in [0.05, 0.1) is 0 Å². The Hall–Kier alpha value is -3.02. The van der Waals surface area contributed by atoms with Gasteiger partial charge in [-0.3, -0.25) is 0 Å². The zero-order valence-corrected chi connectivity index (χ0v) is 22.0. The molecule has 174 valence electrons. The normalized spacial score (nSPS) is 10.4. The second kappa shape index (κ2) is 12.4. The van der Waals surface area contributed by atoms with Crippen molar-refractivity contribution >= 4 is 51.2 Å². The summed E-state index contributed by atoms with van der Waals surface area (Å²) in [5.74, 6) is -0.338. The van der Waals surface area contributed by atoms with E-state index in [2.05, 4.69) is 0 Å². The number of ether oxygens (including phenoxy) is 2. The van der Waals surface area contributed by atoms with Gasteiger partial charge in [-0.2, -0.15) is 0 Å². The number of benzene rings is 3. The van der Waals surface area contributed by atoms with Crippen LogP contribution < -0.4 is 9.47 Å². The molecule has 8 heteroatoms. The predicted octanol–water partition coefficient (Wildman–Crippen LogP) is 3.63. The average molecular weight is 588 g/mol. The van der Waals surface area contributed by atoms with Crippen molar-refractivity contribution in [3.8, 4) is 11.5 Å². The van der Waals surface area contributed by atoms with Crippen molar-refractivity contribution in [1.29, 1.82) is 0 Å². The molecule has 0 heterocycles. The number of hydrogen-bond donors (Lipinski definition) is 0. The van der Waals surface area contributed by atoms with Gasteiger partial charge >= 0.3 is 211 Å². The van der Waals surface area contributed by atoms with E-state index in [0.29, 0.717) is 33.3 Å². The average Bonchev–Trinajstić information content (AvgIpc) is 2.81. The Bertz CT molecular complexity index is 1110. The van der Waals surface area contributed by atoms with Gasteiger partial charge < -0.3 is 0 Å². The fourth-order valence-electron chi connectivity index (χ4n) is 2.94. The standard InChI is InChI=1S/C26H22O6Se2/c1-17(27)31-23-9-5-3-7-21(23)25(29)33-15-19-11-13-20(14-12-19)16-34-26(30)22-8-4-6-10-24(22)32-18(2)28/h3-14H,15-16H2,1-2H3. The molecule has 0 fully saturated rings. The summed E-state index contributed by atoms with van der Waals surface area (Å²) in [6.07, 6.45) is 0. The summed E-state index contributed by atoms with van der Waals surface area (Å²) in [4.78, 5) is 47.9. The summed E-state index contributed by atoms with van der Waals surface area (Å²) in [7, 11) is 0. The molecular formula is C26H22O6Se2. The van der Waals surface area contributed by atoms with Crippen LogP contribution in [0.2, 0.25) is 0 Å². The van der Waals surface area contributed by atoms with Gasteiger partial charge in [0, 0.05) is 0 Å². The maximum atomic E-state index is 12.7. The van der Waals surface area contributed by atoms with Gasteiger partial charge in [-0.25, -0.2) is 0 Å². The van der Waals surface area contributed by atoms with Crippen LogP contribution in [-0.2, 0) is 20.2 Å². The zero-order valence-electron chi connectivity index (χ0n) is 18.6. The van der Waals surface area contributed by atoms with Gasteiger partial charge in [-0.05, 0) is 0 Å². The van der Waals surface area contributed by atoms with E-state index in [1.54, 1.807) is 48.5 Å². The van der Waals surface area contributed by atoms with E-state index in [-0.39, 0.29) is 39.3 Å². The summed E-state index contributed by atoms with van der Waals surface area (Å²) in [5, 5.41) is 1.22. The Morgan fingerprint density at radius 2 is 0.941 bits per heavy atom. The van der Waals surface area contributed by atoms with Crippen LogP contribution in [0.4, 0.5) is 0 Å². The van der Waals surface area contributed by atoms with E-state index in [1.807, 2.05) is 24.3 Å². The molecule has 0 radical (unpaired) electrons. The summed E-state index contributed by atoms with van der Waals surface area (Å²) in [6, 6.07) is 21.4. The Kier molecular flexibility index (Phi) is 9.37. The molecule has 0 bridgehead atoms. The van der Waals surface area contributed by atoms with Crippen molar-refractivity contribution in [2.45, 2.75) is 24.5 Å². The molecule has 34 heavy (non-hydrogen) atoms. The van der Waals surface area contributed by atoms with Crippen molar-refractivity contribution in [2.75, 3.05) is 0 Å². The zero-order chi connectivity index (χ0) is 24.5. The summed E-state index contributed by atoms with van der Waals surface area (Å²) in [5.41, 5.74) is 2.90. The van der Waals surface area contributed by atoms with Gasteiger partial charge in [0.2, 0.25) is 0 Å². The molecule has 3 aromatic rings. The van der Waals surface area contributed by atoms with Crippen LogP contribution in [0.25, 0.3) is 0 Å². The number of carbonyl (C=O) groups excluding carboxylic acids is 4. The van der Waals surface area contributed by atoms with Crippen molar-refractivity contribution in [2.24, 2.45) is 0 Å². The molecule has 0 saturated heterocycles. The topological polar surface area (TPSA) is 86.7 Å². The number of hydrogen-bond acceptors (Lipinski definition) is 6. The van der Waals surface area contributed by atoms with Crippen LogP contribution in [0.5, 0.6) is 11.5 Å². The third-order valence-electron chi connectivity index (χ3n) is 4.48. The van der Waals surface area contributed by atoms with Gasteiger partial charge in [-0.15, -0.1) is 0 Å². The van der Waals surface area contributed by atoms with E-state index in [9.17, 15) is 19.2 Å². The molecule has 0 aliphatic carbocycles. The van der Waals surface area contributed by atoms with Gasteiger partial charge in [0.15, 0.2) is 0 Å². The Morgan fingerprint density at radius 3 is 1.29 bits per heavy atom. The van der Waals surface area contributed by atoms with Crippen LogP contribution in [0.1, 0.15) is 45.7 Å². The second-order valence-electron chi connectivity index (χ2n) is 7.15. The van der Waals surface area contributed by atoms with E-state index >= 15 is 0 Å². The minimum atomic E-state index is -0.460. The monoisotopic (exact) mass is 590 g/mol. The van der Waals surface area contributed by atoms with Crippen LogP contribution in [0.3, 0.4) is 0 Å². The Balaban J connectivity index is 1.55. The van der Waals surface area contributed by atoms with Crippen molar-refractivity contribution in [1.82, 2.24) is 0 Å². The molecule has 0 unspecified atom stereocenters. The number of esters is 2. The first-order valence-corrected chi connectivity index (χ1v) is 14.4. The molecule has 6 nitrogen and oxygen atoms in total. The fraction of sp³-hybridized carbons (Fsp3) is 0.154. The summed E-state index contributed by atoms with van der Waals surface area (Å²) < 4.78 is 10.2. The van der Waals surface area contributed by atoms with E-state index in [4.69, 9.17) is 9.47 Å². The van der Waals surface area contributed by atoms with Crippen LogP contribution in [0, 0.1) is 0 Å². The molecule has 0 spiro atoms. The molecule has 0 aromatic heterocycles. The van der Waals surface area contributed by atoms with Crippen LogP contribution in [-0.4, -0.2) is 51.2 Å². The third-order valence-corrected chi connectivity index (χ3v) is 8.51. The third kappa shape index (κ3) is 7.51. The quantitative estimate of drug-likeness (QED) is 0.204. The summed E-state index contributed by atoms with van der Waals surface area (Å²) >= 11 is -0.698. The number of para-hydroxylation sites is 2. The minimum absolute atomic E-state index is 0.0335. The fourth-order valence-corrected chi connectivity index (χ4v) is 6.36. The first-order chi connectivity index (χ1) is 16.3. The second-order valence-corrected chi connectivity index (χ2v) is 11.1. The van der Waals surface area contributed by atoms with Gasteiger partial charge in [-0.1, -0.05) is 0 Å². The first-order valence-electron chi connectivity index (χ1n) is 10.3.